The first-order valence-corrected chi connectivity index (χ1v) is 9.74. The van der Waals surface area contributed by atoms with Crippen LogP contribution >= 0.6 is 0 Å². The number of rotatable bonds is 6. The Morgan fingerprint density at radius 2 is 1.22 bits per heavy atom. The molecule has 4 heteroatoms. The van der Waals surface area contributed by atoms with Crippen LogP contribution in [0.1, 0.15) is 42.5 Å². The van der Waals surface area contributed by atoms with Crippen molar-refractivity contribution in [3.63, 3.8) is 0 Å². The molecule has 1 aliphatic rings. The summed E-state index contributed by atoms with van der Waals surface area (Å²) >= 11 is 0. The van der Waals surface area contributed by atoms with Crippen molar-refractivity contribution in [1.29, 1.82) is 0 Å². The molecule has 0 saturated heterocycles. The molecular formula is C23H28N2O2. The van der Waals surface area contributed by atoms with Crippen LogP contribution in [0, 0.1) is 25.7 Å². The maximum absolute atomic E-state index is 12.7. The van der Waals surface area contributed by atoms with E-state index in [4.69, 9.17) is 0 Å². The maximum Gasteiger partial charge on any atom is 0.228 e. The van der Waals surface area contributed by atoms with Gasteiger partial charge in [-0.05, 0) is 55.4 Å². The second-order valence-electron chi connectivity index (χ2n) is 7.35. The number of para-hydroxylation sites is 2. The van der Waals surface area contributed by atoms with Crippen molar-refractivity contribution in [3.8, 4) is 0 Å². The van der Waals surface area contributed by atoms with E-state index in [9.17, 15) is 9.59 Å². The molecule has 2 amide bonds. The fourth-order valence-electron chi connectivity index (χ4n) is 3.61. The summed E-state index contributed by atoms with van der Waals surface area (Å²) < 4.78 is 0. The minimum atomic E-state index is -0.247. The van der Waals surface area contributed by atoms with Gasteiger partial charge in [-0.1, -0.05) is 50.2 Å². The third-order valence-electron chi connectivity index (χ3n) is 5.44. The molecule has 0 spiro atoms. The van der Waals surface area contributed by atoms with Crippen molar-refractivity contribution in [2.24, 2.45) is 11.8 Å². The van der Waals surface area contributed by atoms with Gasteiger partial charge in [0.05, 0.1) is 11.8 Å². The van der Waals surface area contributed by atoms with E-state index in [2.05, 4.69) is 24.5 Å². The number of carbonyl (C=O) groups excluding carboxylic acids is 2. The van der Waals surface area contributed by atoms with Crippen LogP contribution < -0.4 is 10.6 Å². The molecule has 3 rings (SSSR count). The van der Waals surface area contributed by atoms with Gasteiger partial charge in [0.2, 0.25) is 11.8 Å². The number of amides is 2. The number of carbonyl (C=O) groups is 2. The highest BCUT2D eigenvalue weighted by atomic mass is 16.2. The molecule has 2 N–H and O–H groups in total. The van der Waals surface area contributed by atoms with Gasteiger partial charge in [-0.3, -0.25) is 9.59 Å². The Labute approximate surface area is 161 Å². The topological polar surface area (TPSA) is 58.2 Å². The molecule has 4 nitrogen and oxygen atoms in total. The van der Waals surface area contributed by atoms with Crippen LogP contribution in [0.15, 0.2) is 36.4 Å². The first-order chi connectivity index (χ1) is 13.0. The van der Waals surface area contributed by atoms with Crippen LogP contribution in [0.2, 0.25) is 0 Å². The third kappa shape index (κ3) is 4.05. The zero-order valence-electron chi connectivity index (χ0n) is 16.6. The van der Waals surface area contributed by atoms with E-state index in [1.807, 2.05) is 50.2 Å². The lowest BCUT2D eigenvalue weighted by atomic mass is 10.1. The molecule has 2 unspecified atom stereocenters. The average molecular weight is 364 g/mol. The highest BCUT2D eigenvalue weighted by Crippen LogP contribution is 2.41. The minimum Gasteiger partial charge on any atom is -0.325 e. The molecule has 2 atom stereocenters. The van der Waals surface area contributed by atoms with Crippen LogP contribution in [0.5, 0.6) is 0 Å². The first kappa shape index (κ1) is 19.2. The zero-order valence-corrected chi connectivity index (χ0v) is 16.6. The predicted molar refractivity (Wildman–Crippen MR) is 110 cm³/mol. The summed E-state index contributed by atoms with van der Waals surface area (Å²) in [5, 5.41) is 6.11. The van der Waals surface area contributed by atoms with Gasteiger partial charge in [0, 0.05) is 11.4 Å². The number of benzene rings is 2. The van der Waals surface area contributed by atoms with Crippen LogP contribution in [-0.4, -0.2) is 11.8 Å². The molecule has 0 bridgehead atoms. The number of nitrogens with one attached hydrogen (secondary N) is 2. The van der Waals surface area contributed by atoms with Crippen molar-refractivity contribution in [2.75, 3.05) is 10.6 Å². The van der Waals surface area contributed by atoms with Gasteiger partial charge in [-0.15, -0.1) is 0 Å². The summed E-state index contributed by atoms with van der Waals surface area (Å²) in [6.07, 6.45) is 2.33. The van der Waals surface area contributed by atoms with Crippen molar-refractivity contribution in [3.05, 3.63) is 58.7 Å². The van der Waals surface area contributed by atoms with E-state index in [1.165, 1.54) is 0 Å². The van der Waals surface area contributed by atoms with Crippen molar-refractivity contribution >= 4 is 23.2 Å². The Kier molecular flexibility index (Phi) is 5.64. The summed E-state index contributed by atoms with van der Waals surface area (Å²) in [5.41, 5.74) is 6.13. The molecule has 27 heavy (non-hydrogen) atoms. The van der Waals surface area contributed by atoms with E-state index in [0.29, 0.717) is 6.42 Å². The highest BCUT2D eigenvalue weighted by molar-refractivity contribution is 6.04. The van der Waals surface area contributed by atoms with Gasteiger partial charge < -0.3 is 10.6 Å². The molecule has 1 fully saturated rings. The van der Waals surface area contributed by atoms with Crippen molar-refractivity contribution in [2.45, 2.75) is 47.0 Å². The molecule has 0 radical (unpaired) electrons. The van der Waals surface area contributed by atoms with Gasteiger partial charge in [-0.25, -0.2) is 0 Å². The number of anilines is 2. The van der Waals surface area contributed by atoms with E-state index in [0.717, 1.165) is 46.5 Å². The fourth-order valence-corrected chi connectivity index (χ4v) is 3.61. The summed E-state index contributed by atoms with van der Waals surface area (Å²) in [7, 11) is 0. The Morgan fingerprint density at radius 1 is 0.815 bits per heavy atom. The van der Waals surface area contributed by atoms with Gasteiger partial charge in [-0.2, -0.15) is 0 Å². The highest BCUT2D eigenvalue weighted by Gasteiger charge is 2.48. The molecule has 0 aliphatic heterocycles. The smallest absolute Gasteiger partial charge is 0.228 e. The molecule has 0 heterocycles. The zero-order chi connectivity index (χ0) is 19.6. The summed E-state index contributed by atoms with van der Waals surface area (Å²) in [4.78, 5) is 25.3. The van der Waals surface area contributed by atoms with Gasteiger partial charge in [0.15, 0.2) is 0 Å². The van der Waals surface area contributed by atoms with Crippen LogP contribution in [0.25, 0.3) is 0 Å². The standard InChI is InChI=1S/C23H28N2O2/c1-5-16-11-7-9-14(3)20(16)24-22(26)18-13-19(18)23(27)25-21-15(4)10-8-12-17(21)6-2/h7-12,18-19H,5-6,13H2,1-4H3,(H,24,26)(H,25,27). The average Bonchev–Trinajstić information content (AvgIpc) is 3.46. The summed E-state index contributed by atoms with van der Waals surface area (Å²) in [6.45, 7) is 8.14. The molecule has 2 aromatic carbocycles. The molecular weight excluding hydrogens is 336 g/mol. The van der Waals surface area contributed by atoms with E-state index in [-0.39, 0.29) is 23.7 Å². The Morgan fingerprint density at radius 3 is 1.59 bits per heavy atom. The molecule has 1 saturated carbocycles. The number of hydrogen-bond acceptors (Lipinski definition) is 2. The van der Waals surface area contributed by atoms with Crippen molar-refractivity contribution < 1.29 is 9.59 Å². The first-order valence-electron chi connectivity index (χ1n) is 9.74. The molecule has 2 aromatic rings. The normalized spacial score (nSPS) is 18.1. The van der Waals surface area contributed by atoms with Crippen LogP contribution in [0.3, 0.4) is 0 Å². The lowest BCUT2D eigenvalue weighted by molar-refractivity contribution is -0.122. The lowest BCUT2D eigenvalue weighted by Crippen LogP contribution is -2.22. The Hall–Kier alpha value is -2.62. The number of hydrogen-bond donors (Lipinski definition) is 2. The van der Waals surface area contributed by atoms with E-state index < -0.39 is 0 Å². The monoisotopic (exact) mass is 364 g/mol. The third-order valence-corrected chi connectivity index (χ3v) is 5.44. The van der Waals surface area contributed by atoms with Gasteiger partial charge in [0.25, 0.3) is 0 Å². The van der Waals surface area contributed by atoms with Crippen LogP contribution in [0.4, 0.5) is 11.4 Å². The second kappa shape index (κ2) is 7.95. The number of aryl methyl sites for hydroxylation is 4. The quantitative estimate of drug-likeness (QED) is 0.784. The summed E-state index contributed by atoms with van der Waals surface area (Å²) in [5.74, 6) is -0.605. The van der Waals surface area contributed by atoms with E-state index >= 15 is 0 Å². The van der Waals surface area contributed by atoms with Gasteiger partial charge in [0.1, 0.15) is 0 Å². The van der Waals surface area contributed by atoms with E-state index in [1.54, 1.807) is 0 Å². The maximum atomic E-state index is 12.7. The second-order valence-corrected chi connectivity index (χ2v) is 7.35. The largest absolute Gasteiger partial charge is 0.325 e. The predicted octanol–water partition coefficient (Wildman–Crippen LogP) is 4.64. The molecule has 1 aliphatic carbocycles. The lowest BCUT2D eigenvalue weighted by Gasteiger charge is -2.14. The molecule has 0 aromatic heterocycles. The minimum absolute atomic E-state index is 0.0559. The van der Waals surface area contributed by atoms with Crippen LogP contribution in [-0.2, 0) is 22.4 Å². The van der Waals surface area contributed by atoms with Crippen molar-refractivity contribution in [1.82, 2.24) is 0 Å². The Bertz CT molecular complexity index is 801. The SMILES string of the molecule is CCc1cccc(C)c1NC(=O)C1CC1C(=O)Nc1c(C)cccc1CC. The summed E-state index contributed by atoms with van der Waals surface area (Å²) in [6, 6.07) is 12.1. The Balaban J connectivity index is 1.66. The fraction of sp³-hybridized carbons (Fsp3) is 0.391. The van der Waals surface area contributed by atoms with Gasteiger partial charge >= 0.3 is 0 Å². The molecule has 142 valence electrons.